The first-order valence-corrected chi connectivity index (χ1v) is 14.5. The lowest BCUT2D eigenvalue weighted by atomic mass is 10.0. The molecule has 0 aliphatic carbocycles. The smallest absolute Gasteiger partial charge is 0.421 e. The molecule has 0 spiro atoms. The molecule has 0 saturated carbocycles. The number of hydrogen-bond acceptors (Lipinski definition) is 8. The molecule has 9 nitrogen and oxygen atoms in total. The van der Waals surface area contributed by atoms with Gasteiger partial charge in [0.05, 0.1) is 25.4 Å². The van der Waals surface area contributed by atoms with Gasteiger partial charge >= 0.3 is 12.2 Å². The van der Waals surface area contributed by atoms with E-state index in [0.717, 1.165) is 30.0 Å². The lowest BCUT2D eigenvalue weighted by molar-refractivity contribution is -0.139. The molecule has 3 aliphatic rings. The van der Waals surface area contributed by atoms with E-state index in [1.807, 2.05) is 11.0 Å². The fourth-order valence-electron chi connectivity index (χ4n) is 5.33. The number of rotatable bonds is 4. The van der Waals surface area contributed by atoms with E-state index >= 15 is 0 Å². The summed E-state index contributed by atoms with van der Waals surface area (Å²) in [4.78, 5) is 29.2. The molecule has 0 bridgehead atoms. The molecule has 4 heterocycles. The van der Waals surface area contributed by atoms with Crippen LogP contribution in [0.15, 0.2) is 30.4 Å². The van der Waals surface area contributed by atoms with Crippen molar-refractivity contribution in [2.75, 3.05) is 69.8 Å². The molecule has 3 aliphatic heterocycles. The highest BCUT2D eigenvalue weighted by Gasteiger charge is 2.40. The van der Waals surface area contributed by atoms with Crippen molar-refractivity contribution in [3.8, 4) is 12.1 Å². The van der Waals surface area contributed by atoms with Gasteiger partial charge < -0.3 is 24.3 Å². The van der Waals surface area contributed by atoms with Crippen molar-refractivity contribution in [2.24, 2.45) is 0 Å². The molecule has 2 saturated heterocycles. The van der Waals surface area contributed by atoms with Crippen LogP contribution < -0.4 is 14.5 Å². The molecule has 0 atom stereocenters. The Hall–Kier alpha value is -3.85. The Balaban J connectivity index is 0.000000486. The van der Waals surface area contributed by atoms with Gasteiger partial charge in [-0.3, -0.25) is 4.79 Å². The van der Waals surface area contributed by atoms with E-state index in [-0.39, 0.29) is 19.1 Å². The lowest BCUT2D eigenvalue weighted by Gasteiger charge is -2.38. The second-order valence-electron chi connectivity index (χ2n) is 10.8. The Bertz CT molecular complexity index is 1310. The molecule has 2 fully saturated rings. The van der Waals surface area contributed by atoms with Crippen LogP contribution in [0.25, 0.3) is 0 Å². The zero-order valence-corrected chi connectivity index (χ0v) is 25.8. The lowest BCUT2D eigenvalue weighted by Crippen LogP contribution is -2.50. The number of ether oxygens (including phenoxy) is 1. The number of nitriles is 1. The van der Waals surface area contributed by atoms with Crippen LogP contribution in [-0.4, -0.2) is 91.8 Å². The maximum atomic E-state index is 12.9. The minimum atomic E-state index is -4.73. The number of alkyl halides is 3. The highest BCUT2D eigenvalue weighted by Crippen LogP contribution is 2.33. The van der Waals surface area contributed by atoms with E-state index in [1.165, 1.54) is 61.7 Å². The van der Waals surface area contributed by atoms with Crippen LogP contribution in [0.3, 0.4) is 0 Å². The summed E-state index contributed by atoms with van der Waals surface area (Å²) < 4.78 is 44.0. The molecule has 1 aromatic heterocycles. The van der Waals surface area contributed by atoms with Gasteiger partial charge in [0.2, 0.25) is 0 Å². The Morgan fingerprint density at radius 1 is 1.02 bits per heavy atom. The molecule has 0 N–H and O–H groups in total. The summed E-state index contributed by atoms with van der Waals surface area (Å²) in [6.07, 6.45) is -1.17. The van der Waals surface area contributed by atoms with E-state index in [2.05, 4.69) is 59.4 Å². The molecule has 0 radical (unpaired) electrons. The van der Waals surface area contributed by atoms with Crippen LogP contribution in [0.5, 0.6) is 6.01 Å². The third kappa shape index (κ3) is 8.60. The number of nitrogens with zero attached hydrogens (tertiary/aromatic N) is 7. The number of aromatic nitrogens is 2. The Morgan fingerprint density at radius 3 is 2.19 bits per heavy atom. The van der Waals surface area contributed by atoms with Gasteiger partial charge in [0, 0.05) is 50.9 Å². The highest BCUT2D eigenvalue weighted by molar-refractivity contribution is 5.94. The van der Waals surface area contributed by atoms with E-state index in [9.17, 15) is 18.0 Å². The van der Waals surface area contributed by atoms with Crippen molar-refractivity contribution < 1.29 is 22.7 Å². The zero-order chi connectivity index (χ0) is 31.7. The molecular weight excluding hydrogens is 559 g/mol. The minimum Gasteiger partial charge on any atom is -0.467 e. The summed E-state index contributed by atoms with van der Waals surface area (Å²) in [5.74, 6) is -0.345. The second kappa shape index (κ2) is 15.0. The number of benzene rings is 1. The first-order valence-electron chi connectivity index (χ1n) is 14.5. The summed E-state index contributed by atoms with van der Waals surface area (Å²) in [6, 6.07) is 8.25. The average Bonchev–Trinajstić information content (AvgIpc) is 3.48. The van der Waals surface area contributed by atoms with Crippen molar-refractivity contribution in [1.82, 2.24) is 19.8 Å². The summed E-state index contributed by atoms with van der Waals surface area (Å²) in [7, 11) is 3.68. The number of halogens is 3. The topological polar surface area (TPSA) is 88.8 Å². The van der Waals surface area contributed by atoms with Crippen LogP contribution in [0, 0.1) is 25.2 Å². The van der Waals surface area contributed by atoms with E-state index in [4.69, 9.17) is 10.00 Å². The molecule has 234 valence electrons. The number of methoxy groups -OCH3 is 1. The van der Waals surface area contributed by atoms with Crippen molar-refractivity contribution >= 4 is 17.4 Å². The zero-order valence-electron chi connectivity index (χ0n) is 25.8. The molecule has 43 heavy (non-hydrogen) atoms. The van der Waals surface area contributed by atoms with Crippen molar-refractivity contribution in [3.05, 3.63) is 52.7 Å². The Morgan fingerprint density at radius 2 is 1.65 bits per heavy atom. The van der Waals surface area contributed by atoms with Crippen LogP contribution in [0.1, 0.15) is 42.1 Å². The molecule has 1 aromatic carbocycles. The number of carbonyl (C=O) groups excluding carboxylic acids is 1. The standard InChI is InChI=1S/C24H28F3N5O2.C5H11N.C2H3N/c1-15-6-5-7-20(16(15)2)32-9-8-18-19(14-32)28-23(34-4)29-21(18)30-10-12-31(13-11-30)22(33)17(3)24(25,26)27;1-6-4-2-3-5-6;1-2-3/h5-7H,3,8-14H2,1-2,4H3;2-5H2,1H3;1H3. The fourth-order valence-corrected chi connectivity index (χ4v) is 5.33. The van der Waals surface area contributed by atoms with Crippen molar-refractivity contribution in [2.45, 2.75) is 52.8 Å². The molecule has 2 aromatic rings. The average molecular weight is 602 g/mol. The molecule has 12 heteroatoms. The quantitative estimate of drug-likeness (QED) is 0.468. The normalized spacial score (nSPS) is 16.7. The van der Waals surface area contributed by atoms with Gasteiger partial charge in [-0.15, -0.1) is 0 Å². The minimum absolute atomic E-state index is 0.156. The predicted octanol–water partition coefficient (Wildman–Crippen LogP) is 4.67. The Labute approximate surface area is 252 Å². The molecule has 1 amide bonds. The number of aryl methyl sites for hydroxylation is 1. The third-order valence-electron chi connectivity index (χ3n) is 7.92. The summed E-state index contributed by atoms with van der Waals surface area (Å²) in [5.41, 5.74) is 4.17. The van der Waals surface area contributed by atoms with E-state index in [0.29, 0.717) is 19.6 Å². The maximum absolute atomic E-state index is 12.9. The van der Waals surface area contributed by atoms with Gasteiger partial charge in [-0.1, -0.05) is 18.7 Å². The van der Waals surface area contributed by atoms with Crippen molar-refractivity contribution in [3.63, 3.8) is 0 Å². The first-order chi connectivity index (χ1) is 20.4. The number of carbonyl (C=O) groups is 1. The second-order valence-corrected chi connectivity index (χ2v) is 10.8. The van der Waals surface area contributed by atoms with Gasteiger partial charge in [0.1, 0.15) is 11.4 Å². The van der Waals surface area contributed by atoms with Gasteiger partial charge in [-0.25, -0.2) is 0 Å². The predicted molar refractivity (Wildman–Crippen MR) is 161 cm³/mol. The molecular formula is C31H42F3N7O2. The fraction of sp³-hybridized carbons (Fsp3) is 0.548. The summed E-state index contributed by atoms with van der Waals surface area (Å²) in [5, 5.41) is 7.32. The largest absolute Gasteiger partial charge is 0.467 e. The van der Waals surface area contributed by atoms with Crippen LogP contribution >= 0.6 is 0 Å². The third-order valence-corrected chi connectivity index (χ3v) is 7.92. The molecule has 5 rings (SSSR count). The van der Waals surface area contributed by atoms with Gasteiger partial charge in [-0.05, 0) is 70.4 Å². The van der Waals surface area contributed by atoms with Gasteiger partial charge in [0.15, 0.2) is 0 Å². The van der Waals surface area contributed by atoms with Crippen LogP contribution in [-0.2, 0) is 17.8 Å². The van der Waals surface area contributed by atoms with Crippen LogP contribution in [0.4, 0.5) is 24.7 Å². The van der Waals surface area contributed by atoms with Gasteiger partial charge in [-0.2, -0.15) is 28.4 Å². The van der Waals surface area contributed by atoms with Crippen molar-refractivity contribution in [1.29, 1.82) is 5.26 Å². The SMILES string of the molecule is C=C(C(=O)N1CCN(c2nc(OC)nc3c2CCN(c2cccc(C)c2C)C3)CC1)C(F)(F)F.CC#N.CN1CCCC1. The Kier molecular flexibility index (Phi) is 11.8. The van der Waals surface area contributed by atoms with E-state index < -0.39 is 17.7 Å². The highest BCUT2D eigenvalue weighted by atomic mass is 19.4. The number of likely N-dealkylation sites (tertiary alicyclic amines) is 1. The summed E-state index contributed by atoms with van der Waals surface area (Å²) >= 11 is 0. The number of piperazine rings is 1. The summed E-state index contributed by atoms with van der Waals surface area (Å²) in [6.45, 7) is 13.6. The van der Waals surface area contributed by atoms with E-state index in [1.54, 1.807) is 6.07 Å². The number of hydrogen-bond donors (Lipinski definition) is 0. The maximum Gasteiger partial charge on any atom is 0.421 e. The number of fused-ring (bicyclic) bond motifs is 1. The molecule has 0 unspecified atom stereocenters. The first kappa shape index (κ1) is 33.6. The monoisotopic (exact) mass is 601 g/mol. The number of amides is 1. The van der Waals surface area contributed by atoms with Crippen LogP contribution in [0.2, 0.25) is 0 Å². The van der Waals surface area contributed by atoms with Gasteiger partial charge in [0.25, 0.3) is 5.91 Å². The number of anilines is 2.